The number of hydrogen-bond donors (Lipinski definition) is 1. The highest BCUT2D eigenvalue weighted by molar-refractivity contribution is 9.10. The van der Waals surface area contributed by atoms with E-state index in [1.54, 1.807) is 12.2 Å². The van der Waals surface area contributed by atoms with Gasteiger partial charge in [0.05, 0.1) is 6.61 Å². The Bertz CT molecular complexity index is 483. The van der Waals surface area contributed by atoms with Crippen molar-refractivity contribution in [1.29, 1.82) is 0 Å². The van der Waals surface area contributed by atoms with Crippen LogP contribution in [0, 0.1) is 6.92 Å². The fourth-order valence-corrected chi connectivity index (χ4v) is 2.23. The van der Waals surface area contributed by atoms with Gasteiger partial charge in [0.15, 0.2) is 0 Å². The predicted molar refractivity (Wildman–Crippen MR) is 81.8 cm³/mol. The Balaban J connectivity index is 2.78. The monoisotopic (exact) mass is 323 g/mol. The quantitative estimate of drug-likeness (QED) is 0.646. The number of carbonyl (C=O) groups excluding carboxylic acids is 1. The van der Waals surface area contributed by atoms with Crippen LogP contribution in [-0.2, 0) is 4.79 Å². The van der Waals surface area contributed by atoms with E-state index in [9.17, 15) is 4.79 Å². The average Bonchev–Trinajstić information content (AvgIpc) is 2.37. The van der Waals surface area contributed by atoms with Crippen LogP contribution in [0.3, 0.4) is 0 Å². The maximum atomic E-state index is 11.9. The van der Waals surface area contributed by atoms with E-state index in [4.69, 9.17) is 5.11 Å². The van der Waals surface area contributed by atoms with Gasteiger partial charge in [-0.15, -0.1) is 6.58 Å². The number of halogens is 1. The summed E-state index contributed by atoms with van der Waals surface area (Å²) in [5, 5.41) is 8.91. The molecule has 0 atom stereocenters. The van der Waals surface area contributed by atoms with Gasteiger partial charge in [-0.2, -0.15) is 0 Å². The number of aryl methyl sites for hydroxylation is 1. The molecule has 0 saturated heterocycles. The molecule has 1 aromatic carbocycles. The fraction of sp³-hybridized carbons (Fsp3) is 0.267. The number of aliphatic hydroxyl groups excluding tert-OH is 1. The number of benzene rings is 1. The largest absolute Gasteiger partial charge is 0.395 e. The first-order valence-corrected chi connectivity index (χ1v) is 6.82. The number of nitrogens with zero attached hydrogens (tertiary/aromatic N) is 1. The van der Waals surface area contributed by atoms with E-state index < -0.39 is 0 Å². The lowest BCUT2D eigenvalue weighted by Crippen LogP contribution is -2.32. The minimum atomic E-state index is -0.138. The van der Waals surface area contributed by atoms with Crippen LogP contribution in [0.5, 0.6) is 0 Å². The van der Waals surface area contributed by atoms with Crippen LogP contribution in [0.1, 0.15) is 11.1 Å². The zero-order valence-electron chi connectivity index (χ0n) is 11.0. The first-order valence-electron chi connectivity index (χ1n) is 6.03. The summed E-state index contributed by atoms with van der Waals surface area (Å²) in [5.41, 5.74) is 2.10. The maximum absolute atomic E-state index is 11.9. The second kappa shape index (κ2) is 7.92. The predicted octanol–water partition coefficient (Wildman–Crippen LogP) is 2.78. The molecule has 0 bridgehead atoms. The Morgan fingerprint density at radius 2 is 2.26 bits per heavy atom. The van der Waals surface area contributed by atoms with Crippen LogP contribution in [0.15, 0.2) is 41.4 Å². The fourth-order valence-electron chi connectivity index (χ4n) is 1.60. The van der Waals surface area contributed by atoms with E-state index in [-0.39, 0.29) is 12.5 Å². The zero-order valence-corrected chi connectivity index (χ0v) is 12.6. The lowest BCUT2D eigenvalue weighted by molar-refractivity contribution is -0.125. The van der Waals surface area contributed by atoms with Gasteiger partial charge in [-0.3, -0.25) is 4.79 Å². The molecule has 1 amide bonds. The first-order chi connectivity index (χ1) is 9.08. The van der Waals surface area contributed by atoms with E-state index >= 15 is 0 Å². The molecule has 102 valence electrons. The van der Waals surface area contributed by atoms with Crippen molar-refractivity contribution < 1.29 is 9.90 Å². The van der Waals surface area contributed by atoms with Gasteiger partial charge in [0.2, 0.25) is 5.91 Å². The molecule has 3 nitrogen and oxygen atoms in total. The van der Waals surface area contributed by atoms with E-state index in [0.29, 0.717) is 13.1 Å². The van der Waals surface area contributed by atoms with Crippen LogP contribution in [0.4, 0.5) is 0 Å². The summed E-state index contributed by atoms with van der Waals surface area (Å²) >= 11 is 3.46. The van der Waals surface area contributed by atoms with E-state index in [2.05, 4.69) is 22.5 Å². The summed E-state index contributed by atoms with van der Waals surface area (Å²) in [5.74, 6) is -0.138. The third kappa shape index (κ3) is 5.01. The number of rotatable bonds is 6. The second-order valence-corrected chi connectivity index (χ2v) is 5.01. The smallest absolute Gasteiger partial charge is 0.246 e. The third-order valence-corrected chi connectivity index (χ3v) is 3.28. The first kappa shape index (κ1) is 15.7. The minimum absolute atomic E-state index is 0.0539. The van der Waals surface area contributed by atoms with Crippen LogP contribution < -0.4 is 0 Å². The summed E-state index contributed by atoms with van der Waals surface area (Å²) in [6.07, 6.45) is 4.91. The summed E-state index contributed by atoms with van der Waals surface area (Å²) in [6.45, 7) is 6.30. The molecule has 4 heteroatoms. The molecule has 0 saturated carbocycles. The Kier molecular flexibility index (Phi) is 6.53. The van der Waals surface area contributed by atoms with E-state index in [0.717, 1.165) is 15.6 Å². The van der Waals surface area contributed by atoms with E-state index in [1.807, 2.05) is 25.1 Å². The van der Waals surface area contributed by atoms with Crippen molar-refractivity contribution in [2.45, 2.75) is 6.92 Å². The van der Waals surface area contributed by atoms with Crippen molar-refractivity contribution in [2.75, 3.05) is 19.7 Å². The van der Waals surface area contributed by atoms with Crippen LogP contribution in [0.2, 0.25) is 0 Å². The summed E-state index contributed by atoms with van der Waals surface area (Å²) in [6, 6.07) is 5.94. The van der Waals surface area contributed by atoms with Crippen molar-refractivity contribution >= 4 is 27.9 Å². The van der Waals surface area contributed by atoms with Gasteiger partial charge >= 0.3 is 0 Å². The molecule has 1 N–H and O–H groups in total. The highest BCUT2D eigenvalue weighted by Crippen LogP contribution is 2.19. The lowest BCUT2D eigenvalue weighted by Gasteiger charge is -2.17. The minimum Gasteiger partial charge on any atom is -0.395 e. The standard InChI is InChI=1S/C15H18BrNO2/c1-3-8-17(9-10-18)15(19)7-6-13-5-4-12(2)11-14(13)16/h3-7,11,18H,1,8-10H2,2H3/b7-6+. The lowest BCUT2D eigenvalue weighted by atomic mass is 10.1. The highest BCUT2D eigenvalue weighted by Gasteiger charge is 2.07. The molecule has 0 unspecified atom stereocenters. The number of amides is 1. The average molecular weight is 324 g/mol. The van der Waals surface area contributed by atoms with Gasteiger partial charge in [-0.05, 0) is 30.2 Å². The van der Waals surface area contributed by atoms with Gasteiger partial charge in [0.1, 0.15) is 0 Å². The molecule has 0 heterocycles. The highest BCUT2D eigenvalue weighted by atomic mass is 79.9. The Hall–Kier alpha value is -1.39. The zero-order chi connectivity index (χ0) is 14.3. The van der Waals surface area contributed by atoms with Gasteiger partial charge in [-0.1, -0.05) is 34.1 Å². The molecule has 0 spiro atoms. The molecule has 1 aromatic rings. The van der Waals surface area contributed by atoms with Crippen molar-refractivity contribution in [3.63, 3.8) is 0 Å². The number of carbonyl (C=O) groups is 1. The molecule has 1 rings (SSSR count). The second-order valence-electron chi connectivity index (χ2n) is 4.15. The molecule has 0 fully saturated rings. The van der Waals surface area contributed by atoms with Crippen LogP contribution in [0.25, 0.3) is 6.08 Å². The molecule has 19 heavy (non-hydrogen) atoms. The van der Waals surface area contributed by atoms with Crippen molar-refractivity contribution in [3.8, 4) is 0 Å². The molecular formula is C15H18BrNO2. The Morgan fingerprint density at radius 3 is 2.84 bits per heavy atom. The molecular weight excluding hydrogens is 306 g/mol. The normalized spacial score (nSPS) is 10.7. The number of hydrogen-bond acceptors (Lipinski definition) is 2. The Morgan fingerprint density at radius 1 is 1.53 bits per heavy atom. The summed E-state index contributed by atoms with van der Waals surface area (Å²) < 4.78 is 0.953. The maximum Gasteiger partial charge on any atom is 0.246 e. The third-order valence-electron chi connectivity index (χ3n) is 2.59. The summed E-state index contributed by atoms with van der Waals surface area (Å²) in [7, 11) is 0. The van der Waals surface area contributed by atoms with Crippen molar-refractivity contribution in [2.24, 2.45) is 0 Å². The molecule has 0 aliphatic carbocycles. The van der Waals surface area contributed by atoms with Gasteiger partial charge in [-0.25, -0.2) is 0 Å². The molecule has 0 aliphatic rings. The Labute approximate surface area is 122 Å². The molecule has 0 radical (unpaired) electrons. The molecule has 0 aliphatic heterocycles. The van der Waals surface area contributed by atoms with Crippen LogP contribution >= 0.6 is 15.9 Å². The van der Waals surface area contributed by atoms with Gasteiger partial charge < -0.3 is 10.0 Å². The topological polar surface area (TPSA) is 40.5 Å². The van der Waals surface area contributed by atoms with Crippen molar-refractivity contribution in [3.05, 3.63) is 52.5 Å². The molecule has 0 aromatic heterocycles. The SMILES string of the molecule is C=CCN(CCO)C(=O)/C=C/c1ccc(C)cc1Br. The van der Waals surface area contributed by atoms with Crippen LogP contribution in [-0.4, -0.2) is 35.6 Å². The van der Waals surface area contributed by atoms with E-state index in [1.165, 1.54) is 11.0 Å². The van der Waals surface area contributed by atoms with Gasteiger partial charge in [0.25, 0.3) is 0 Å². The number of aliphatic hydroxyl groups is 1. The summed E-state index contributed by atoms with van der Waals surface area (Å²) in [4.78, 5) is 13.5. The van der Waals surface area contributed by atoms with Gasteiger partial charge in [0, 0.05) is 23.6 Å². The van der Waals surface area contributed by atoms with Crippen molar-refractivity contribution in [1.82, 2.24) is 4.90 Å².